The van der Waals surface area contributed by atoms with Crippen LogP contribution in [0.1, 0.15) is 37.3 Å². The molecule has 0 radical (unpaired) electrons. The van der Waals surface area contributed by atoms with Crippen molar-refractivity contribution >= 4 is 56.7 Å². The van der Waals surface area contributed by atoms with E-state index in [1.54, 1.807) is 0 Å². The molecular weight excluding hydrogens is 546 g/mol. The molecule has 2 N–H and O–H groups in total. The summed E-state index contributed by atoms with van der Waals surface area (Å²) in [5.74, 6) is 1.15. The summed E-state index contributed by atoms with van der Waals surface area (Å²) >= 11 is 3.45. The van der Waals surface area contributed by atoms with Crippen LogP contribution in [0.25, 0.3) is 10.2 Å². The van der Waals surface area contributed by atoms with E-state index in [1.165, 1.54) is 23.8 Å². The molecule has 1 aromatic heterocycles. The molecule has 40 heavy (non-hydrogen) atoms. The molecule has 1 aromatic carbocycles. The zero-order chi connectivity index (χ0) is 28.5. The minimum absolute atomic E-state index is 0.0123. The van der Waals surface area contributed by atoms with Gasteiger partial charge in [0.2, 0.25) is 11.8 Å². The third-order valence-corrected chi connectivity index (χ3v) is 9.16. The van der Waals surface area contributed by atoms with E-state index >= 15 is 0 Å². The zero-order valence-corrected chi connectivity index (χ0v) is 25.0. The molecule has 0 unspecified atom stereocenters. The average molecular weight is 586 g/mol. The molecule has 3 heterocycles. The van der Waals surface area contributed by atoms with Crippen LogP contribution in [0, 0.1) is 5.92 Å². The van der Waals surface area contributed by atoms with Gasteiger partial charge in [0, 0.05) is 74.9 Å². The van der Waals surface area contributed by atoms with Gasteiger partial charge in [-0.25, -0.2) is 9.98 Å². The molecule has 2 aromatic rings. The number of nitrogens with zero attached hydrogens (tertiary/aromatic N) is 3. The summed E-state index contributed by atoms with van der Waals surface area (Å²) in [6.45, 7) is 11.2. The summed E-state index contributed by atoms with van der Waals surface area (Å²) in [7, 11) is 0. The number of hydrogen-bond donors (Lipinski definition) is 2. The predicted octanol–water partition coefficient (Wildman–Crippen LogP) is 3.02. The van der Waals surface area contributed by atoms with Crippen molar-refractivity contribution in [1.29, 1.82) is 0 Å². The van der Waals surface area contributed by atoms with Gasteiger partial charge >= 0.3 is 0 Å². The van der Waals surface area contributed by atoms with Crippen molar-refractivity contribution < 1.29 is 19.1 Å². The van der Waals surface area contributed by atoms with E-state index in [-0.39, 0.29) is 30.7 Å². The maximum Gasteiger partial charge on any atom is 0.268 e. The Morgan fingerprint density at radius 2 is 1.98 bits per heavy atom. The first-order chi connectivity index (χ1) is 19.3. The number of ether oxygens (including phenoxy) is 1. The van der Waals surface area contributed by atoms with E-state index in [1.807, 2.05) is 17.8 Å². The lowest BCUT2D eigenvalue weighted by Crippen LogP contribution is -2.43. The number of thioether (sulfide) groups is 1. The normalized spacial score (nSPS) is 17.9. The van der Waals surface area contributed by atoms with E-state index in [2.05, 4.69) is 46.2 Å². The highest BCUT2D eigenvalue weighted by Gasteiger charge is 2.26. The summed E-state index contributed by atoms with van der Waals surface area (Å²) in [4.78, 5) is 49.8. The number of thiazole rings is 1. The van der Waals surface area contributed by atoms with Crippen LogP contribution in [0.15, 0.2) is 35.3 Å². The summed E-state index contributed by atoms with van der Waals surface area (Å²) in [5.41, 5.74) is 3.21. The Bertz CT molecular complexity index is 1250. The van der Waals surface area contributed by atoms with Crippen molar-refractivity contribution in [2.45, 2.75) is 45.6 Å². The number of carbonyl (C=O) groups is 3. The molecule has 0 spiro atoms. The summed E-state index contributed by atoms with van der Waals surface area (Å²) in [6.07, 6.45) is 2.62. The molecule has 2 aliphatic rings. The number of aromatic nitrogens is 1. The second kappa shape index (κ2) is 14.9. The summed E-state index contributed by atoms with van der Waals surface area (Å²) in [6, 6.07) is 5.32. The smallest absolute Gasteiger partial charge is 0.268 e. The topological polar surface area (TPSA) is 113 Å². The molecule has 216 valence electrons. The van der Waals surface area contributed by atoms with Crippen LogP contribution in [0.2, 0.25) is 0 Å². The van der Waals surface area contributed by atoms with Crippen molar-refractivity contribution in [3.05, 3.63) is 40.9 Å². The largest absolute Gasteiger partial charge is 0.381 e. The van der Waals surface area contributed by atoms with Crippen LogP contribution in [-0.4, -0.2) is 90.3 Å². The van der Waals surface area contributed by atoms with Crippen molar-refractivity contribution in [3.63, 3.8) is 0 Å². The second-order valence-corrected chi connectivity index (χ2v) is 12.6. The van der Waals surface area contributed by atoms with Crippen molar-refractivity contribution in [3.8, 4) is 0 Å². The number of carbonyl (C=O) groups excluding carboxylic acids is 3. The van der Waals surface area contributed by atoms with Gasteiger partial charge in [-0.1, -0.05) is 19.6 Å². The van der Waals surface area contributed by atoms with Gasteiger partial charge in [0.05, 0.1) is 21.8 Å². The number of hydrogen-bond acceptors (Lipinski definition) is 8. The second-order valence-electron chi connectivity index (χ2n) is 10.2. The minimum Gasteiger partial charge on any atom is -0.381 e. The highest BCUT2D eigenvalue weighted by Crippen LogP contribution is 2.25. The van der Waals surface area contributed by atoms with Crippen LogP contribution in [0.3, 0.4) is 0 Å². The fourth-order valence-electron chi connectivity index (χ4n) is 4.87. The monoisotopic (exact) mass is 585 g/mol. The molecule has 0 bridgehead atoms. The lowest BCUT2D eigenvalue weighted by atomic mass is 9.94. The molecule has 11 heteroatoms. The molecule has 1 atom stereocenters. The lowest BCUT2D eigenvalue weighted by molar-refractivity contribution is -0.126. The molecular formula is C29H39N5O4S2. The Kier molecular flexibility index (Phi) is 11.3. The quantitative estimate of drug-likeness (QED) is 0.308. The molecule has 0 aliphatic carbocycles. The van der Waals surface area contributed by atoms with Gasteiger partial charge in [-0.05, 0) is 37.0 Å². The van der Waals surface area contributed by atoms with Crippen molar-refractivity contribution in [2.24, 2.45) is 10.9 Å². The number of aliphatic imine (C=N–C) groups is 1. The van der Waals surface area contributed by atoms with E-state index < -0.39 is 11.9 Å². The summed E-state index contributed by atoms with van der Waals surface area (Å²) in [5, 5.41) is 6.47. The fourth-order valence-corrected chi connectivity index (χ4v) is 6.92. The maximum absolute atomic E-state index is 13.5. The van der Waals surface area contributed by atoms with Gasteiger partial charge in [0.1, 0.15) is 6.04 Å². The third-order valence-electron chi connectivity index (χ3n) is 7.18. The van der Waals surface area contributed by atoms with Gasteiger partial charge in [0.15, 0.2) is 0 Å². The Morgan fingerprint density at radius 1 is 1.23 bits per heavy atom. The summed E-state index contributed by atoms with van der Waals surface area (Å²) < 4.78 is 6.57. The average Bonchev–Trinajstić information content (AvgIpc) is 3.36. The van der Waals surface area contributed by atoms with Crippen molar-refractivity contribution in [1.82, 2.24) is 20.5 Å². The minimum atomic E-state index is -0.846. The Balaban J connectivity index is 1.47. The number of fused-ring (bicyclic) bond motifs is 1. The van der Waals surface area contributed by atoms with E-state index in [4.69, 9.17) is 9.72 Å². The van der Waals surface area contributed by atoms with Gasteiger partial charge in [0.25, 0.3) is 5.91 Å². The molecule has 3 amide bonds. The molecule has 4 rings (SSSR count). The molecule has 2 fully saturated rings. The van der Waals surface area contributed by atoms with Crippen LogP contribution < -0.4 is 10.6 Å². The van der Waals surface area contributed by atoms with E-state index in [0.29, 0.717) is 31.0 Å². The number of rotatable bonds is 11. The Hall–Kier alpha value is -2.60. The zero-order valence-electron chi connectivity index (χ0n) is 23.4. The van der Waals surface area contributed by atoms with Gasteiger partial charge < -0.3 is 15.4 Å². The number of benzene rings is 1. The van der Waals surface area contributed by atoms with Crippen LogP contribution >= 0.6 is 23.1 Å². The van der Waals surface area contributed by atoms with Crippen LogP contribution in [0.5, 0.6) is 0 Å². The number of aryl methyl sites for hydroxylation is 1. The number of amides is 3. The standard InChI is InChI=1S/C29H39N5O4S2/c1-4-21-5-6-23-26(15-21)40-27(32-23)16-24(31-20(3)35)29(37)33-25(22-7-11-38-12-8-22)17-30-28(36)19(2)18-34-9-13-39-14-10-34/h5-6,15,22,24H,2,4,7-14,16-18H2,1,3H3,(H,30,36)(H,31,35)/t24-/m0/s1. The van der Waals surface area contributed by atoms with Crippen molar-refractivity contribution in [2.75, 3.05) is 50.9 Å². The first-order valence-electron chi connectivity index (χ1n) is 13.9. The third kappa shape index (κ3) is 8.70. The van der Waals surface area contributed by atoms with Gasteiger partial charge in [-0.3, -0.25) is 19.3 Å². The van der Waals surface area contributed by atoms with Crippen LogP contribution in [-0.2, 0) is 32.0 Å². The predicted molar refractivity (Wildman–Crippen MR) is 162 cm³/mol. The Morgan fingerprint density at radius 3 is 2.67 bits per heavy atom. The fraction of sp³-hybridized carbons (Fsp3) is 0.552. The number of nitrogens with one attached hydrogen (secondary N) is 2. The molecule has 2 aliphatic heterocycles. The maximum atomic E-state index is 13.5. The lowest BCUT2D eigenvalue weighted by Gasteiger charge is -2.27. The highest BCUT2D eigenvalue weighted by atomic mass is 32.2. The van der Waals surface area contributed by atoms with E-state index in [9.17, 15) is 14.4 Å². The van der Waals surface area contributed by atoms with Crippen LogP contribution in [0.4, 0.5) is 0 Å². The molecule has 0 saturated carbocycles. The van der Waals surface area contributed by atoms with Gasteiger partial charge in [-0.15, -0.1) is 11.3 Å². The molecule has 2 saturated heterocycles. The van der Waals surface area contributed by atoms with Gasteiger partial charge in [-0.2, -0.15) is 11.8 Å². The first-order valence-corrected chi connectivity index (χ1v) is 15.9. The SMILES string of the molecule is C=C(CN1CCSCC1)C(=O)NCC(=NC(=O)[C@H](Cc1nc2ccc(CC)cc2s1)NC(C)=O)C1CCOCC1. The van der Waals surface area contributed by atoms with E-state index in [0.717, 1.165) is 59.1 Å². The first kappa shape index (κ1) is 30.4. The highest BCUT2D eigenvalue weighted by molar-refractivity contribution is 7.99. The molecule has 9 nitrogen and oxygen atoms in total. The Labute approximate surface area is 244 Å².